The zero-order valence-electron chi connectivity index (χ0n) is 8.14. The summed E-state index contributed by atoms with van der Waals surface area (Å²) in [7, 11) is -4.32. The quantitative estimate of drug-likeness (QED) is 0.642. The van der Waals surface area contributed by atoms with E-state index in [-0.39, 0.29) is 17.1 Å². The molecule has 0 radical (unpaired) electrons. The Morgan fingerprint density at radius 1 is 1.25 bits per heavy atom. The molecule has 5 nitrogen and oxygen atoms in total. The van der Waals surface area contributed by atoms with E-state index >= 15 is 0 Å². The third-order valence-electron chi connectivity index (χ3n) is 2.36. The standard InChI is InChI=1S/C10H9NO4S/c11-7-2-1-6-3-8(16(13,14)15)5-10(12)9(6)4-7/h1-3,5,11-12H,4H2,(H,13,14,15). The van der Waals surface area contributed by atoms with Gasteiger partial charge in [-0.3, -0.25) is 4.55 Å². The van der Waals surface area contributed by atoms with Crippen LogP contribution in [-0.4, -0.2) is 23.8 Å². The summed E-state index contributed by atoms with van der Waals surface area (Å²) in [6, 6.07) is 2.26. The lowest BCUT2D eigenvalue weighted by Gasteiger charge is -2.13. The first-order valence-electron chi connectivity index (χ1n) is 4.47. The molecule has 6 heteroatoms. The largest absolute Gasteiger partial charge is 0.508 e. The van der Waals surface area contributed by atoms with E-state index in [2.05, 4.69) is 0 Å². The van der Waals surface area contributed by atoms with Crippen molar-refractivity contribution in [1.82, 2.24) is 0 Å². The van der Waals surface area contributed by atoms with Crippen molar-refractivity contribution < 1.29 is 18.1 Å². The van der Waals surface area contributed by atoms with Crippen LogP contribution in [0.15, 0.2) is 23.1 Å². The molecule has 1 aliphatic carbocycles. The summed E-state index contributed by atoms with van der Waals surface area (Å²) < 4.78 is 30.7. The fourth-order valence-electron chi connectivity index (χ4n) is 1.58. The number of nitrogens with one attached hydrogen (secondary N) is 1. The van der Waals surface area contributed by atoms with Gasteiger partial charge in [-0.2, -0.15) is 8.42 Å². The lowest BCUT2D eigenvalue weighted by molar-refractivity contribution is 0.462. The number of hydrogen-bond acceptors (Lipinski definition) is 4. The van der Waals surface area contributed by atoms with E-state index in [0.29, 0.717) is 16.8 Å². The molecule has 0 aromatic heterocycles. The monoisotopic (exact) mass is 239 g/mol. The van der Waals surface area contributed by atoms with Gasteiger partial charge in [0.05, 0.1) is 4.90 Å². The predicted molar refractivity (Wildman–Crippen MR) is 58.4 cm³/mol. The Labute approximate surface area is 92.3 Å². The van der Waals surface area contributed by atoms with Gasteiger partial charge in [0.15, 0.2) is 0 Å². The summed E-state index contributed by atoms with van der Waals surface area (Å²) in [6.45, 7) is 0. The molecule has 0 fully saturated rings. The van der Waals surface area contributed by atoms with Gasteiger partial charge in [0.25, 0.3) is 10.1 Å². The maximum atomic E-state index is 10.9. The molecule has 2 rings (SSSR count). The Morgan fingerprint density at radius 3 is 2.56 bits per heavy atom. The van der Waals surface area contributed by atoms with E-state index in [0.717, 1.165) is 6.07 Å². The van der Waals surface area contributed by atoms with Gasteiger partial charge in [-0.1, -0.05) is 6.08 Å². The number of rotatable bonds is 1. The Bertz CT molecular complexity index is 601. The van der Waals surface area contributed by atoms with Crippen LogP contribution >= 0.6 is 0 Å². The van der Waals surface area contributed by atoms with E-state index in [1.807, 2.05) is 0 Å². The van der Waals surface area contributed by atoms with E-state index in [4.69, 9.17) is 9.96 Å². The Hall–Kier alpha value is -1.66. The van der Waals surface area contributed by atoms with E-state index < -0.39 is 10.1 Å². The smallest absolute Gasteiger partial charge is 0.294 e. The van der Waals surface area contributed by atoms with Crippen LogP contribution in [0.25, 0.3) is 6.08 Å². The van der Waals surface area contributed by atoms with Crippen LogP contribution < -0.4 is 0 Å². The van der Waals surface area contributed by atoms with Gasteiger partial charge in [0, 0.05) is 23.8 Å². The first-order chi connectivity index (χ1) is 7.38. The predicted octanol–water partition coefficient (Wildman–Crippen LogP) is 1.23. The van der Waals surface area contributed by atoms with Gasteiger partial charge in [-0.15, -0.1) is 0 Å². The summed E-state index contributed by atoms with van der Waals surface area (Å²) in [4.78, 5) is -0.346. The van der Waals surface area contributed by atoms with E-state index in [9.17, 15) is 13.5 Å². The van der Waals surface area contributed by atoms with Gasteiger partial charge in [0.2, 0.25) is 0 Å². The third kappa shape index (κ3) is 1.84. The van der Waals surface area contributed by atoms with Crippen LogP contribution in [0.4, 0.5) is 0 Å². The first kappa shape index (κ1) is 10.8. The van der Waals surface area contributed by atoms with Crippen molar-refractivity contribution in [3.05, 3.63) is 29.3 Å². The number of benzene rings is 1. The highest BCUT2D eigenvalue weighted by Gasteiger charge is 2.18. The minimum Gasteiger partial charge on any atom is -0.508 e. The third-order valence-corrected chi connectivity index (χ3v) is 3.19. The van der Waals surface area contributed by atoms with E-state index in [1.54, 1.807) is 0 Å². The molecule has 1 aliphatic rings. The molecule has 0 heterocycles. The number of hydrogen-bond donors (Lipinski definition) is 3. The van der Waals surface area contributed by atoms with Crippen LogP contribution in [-0.2, 0) is 16.5 Å². The Morgan fingerprint density at radius 2 is 1.94 bits per heavy atom. The van der Waals surface area contributed by atoms with Crippen molar-refractivity contribution in [2.75, 3.05) is 0 Å². The van der Waals surface area contributed by atoms with Crippen molar-refractivity contribution in [1.29, 1.82) is 5.41 Å². The molecular formula is C10H9NO4S. The zero-order valence-corrected chi connectivity index (χ0v) is 8.95. The molecule has 3 N–H and O–H groups in total. The Kier molecular flexibility index (Phi) is 2.32. The van der Waals surface area contributed by atoms with Crippen molar-refractivity contribution in [2.45, 2.75) is 11.3 Å². The highest BCUT2D eigenvalue weighted by Crippen LogP contribution is 2.29. The highest BCUT2D eigenvalue weighted by molar-refractivity contribution is 7.85. The molecular weight excluding hydrogens is 230 g/mol. The molecule has 0 saturated heterocycles. The zero-order chi connectivity index (χ0) is 11.9. The first-order valence-corrected chi connectivity index (χ1v) is 5.91. The topological polar surface area (TPSA) is 98.5 Å². The molecule has 0 amide bonds. The van der Waals surface area contributed by atoms with Crippen molar-refractivity contribution >= 4 is 21.9 Å². The molecule has 16 heavy (non-hydrogen) atoms. The van der Waals surface area contributed by atoms with Crippen LogP contribution in [0.5, 0.6) is 5.75 Å². The molecule has 0 bridgehead atoms. The van der Waals surface area contributed by atoms with Crippen LogP contribution in [0, 0.1) is 5.41 Å². The molecule has 1 aromatic carbocycles. The number of aromatic hydroxyl groups is 1. The molecule has 84 valence electrons. The summed E-state index contributed by atoms with van der Waals surface area (Å²) in [6.07, 6.45) is 3.31. The second kappa shape index (κ2) is 3.43. The number of fused-ring (bicyclic) bond motifs is 1. The molecule has 0 aliphatic heterocycles. The minimum absolute atomic E-state index is 0.223. The second-order valence-electron chi connectivity index (χ2n) is 3.52. The average molecular weight is 239 g/mol. The fourth-order valence-corrected chi connectivity index (χ4v) is 2.12. The summed E-state index contributed by atoms with van der Waals surface area (Å²) in [5, 5.41) is 17.0. The lowest BCUT2D eigenvalue weighted by atomic mass is 9.95. The van der Waals surface area contributed by atoms with Crippen molar-refractivity contribution in [3.63, 3.8) is 0 Å². The molecule has 0 saturated carbocycles. The maximum absolute atomic E-state index is 10.9. The second-order valence-corrected chi connectivity index (χ2v) is 4.94. The van der Waals surface area contributed by atoms with Gasteiger partial charge < -0.3 is 10.5 Å². The van der Waals surface area contributed by atoms with Crippen molar-refractivity contribution in [2.24, 2.45) is 0 Å². The fraction of sp³-hybridized carbons (Fsp3) is 0.100. The van der Waals surface area contributed by atoms with E-state index in [1.165, 1.54) is 18.2 Å². The summed E-state index contributed by atoms with van der Waals surface area (Å²) in [5.41, 5.74) is 1.34. The minimum atomic E-state index is -4.32. The van der Waals surface area contributed by atoms with Gasteiger partial charge in [-0.05, 0) is 17.7 Å². The number of phenols is 1. The van der Waals surface area contributed by atoms with Crippen LogP contribution in [0.1, 0.15) is 11.1 Å². The Balaban J connectivity index is 2.67. The van der Waals surface area contributed by atoms with Gasteiger partial charge >= 0.3 is 0 Å². The highest BCUT2D eigenvalue weighted by atomic mass is 32.2. The lowest BCUT2D eigenvalue weighted by Crippen LogP contribution is -2.07. The average Bonchev–Trinajstić information content (AvgIpc) is 2.17. The summed E-state index contributed by atoms with van der Waals surface area (Å²) in [5.74, 6) is -0.223. The molecule has 1 aromatic rings. The molecule has 0 unspecified atom stereocenters. The normalized spacial score (nSPS) is 14.9. The SMILES string of the molecule is N=C1C=Cc2cc(S(=O)(=O)O)cc(O)c2C1. The summed E-state index contributed by atoms with van der Waals surface area (Å²) >= 11 is 0. The molecule has 0 atom stereocenters. The maximum Gasteiger partial charge on any atom is 0.294 e. The van der Waals surface area contributed by atoms with Crippen LogP contribution in [0.3, 0.4) is 0 Å². The number of allylic oxidation sites excluding steroid dienone is 1. The molecule has 0 spiro atoms. The number of phenolic OH excluding ortho intramolecular Hbond substituents is 1. The van der Waals surface area contributed by atoms with Gasteiger partial charge in [-0.25, -0.2) is 0 Å². The van der Waals surface area contributed by atoms with Crippen LogP contribution in [0.2, 0.25) is 0 Å². The van der Waals surface area contributed by atoms with Gasteiger partial charge in [0.1, 0.15) is 5.75 Å². The van der Waals surface area contributed by atoms with Crippen molar-refractivity contribution in [3.8, 4) is 5.75 Å².